The van der Waals surface area contributed by atoms with Crippen molar-refractivity contribution >= 4 is 11.6 Å². The molecule has 2 aromatic carbocycles. The summed E-state index contributed by atoms with van der Waals surface area (Å²) in [5.41, 5.74) is 3.97. The summed E-state index contributed by atoms with van der Waals surface area (Å²) >= 11 is 0. The van der Waals surface area contributed by atoms with Crippen molar-refractivity contribution in [3.05, 3.63) is 65.6 Å². The molecule has 2 aliphatic rings. The number of fused-ring (bicyclic) bond motifs is 3. The van der Waals surface area contributed by atoms with Gasteiger partial charge in [-0.3, -0.25) is 9.89 Å². The highest BCUT2D eigenvalue weighted by Crippen LogP contribution is 2.37. The summed E-state index contributed by atoms with van der Waals surface area (Å²) in [5, 5.41) is 7.31. The molecule has 0 saturated carbocycles. The lowest BCUT2D eigenvalue weighted by Crippen LogP contribution is -2.49. The minimum atomic E-state index is -0.245. The number of carbonyl (C=O) groups is 1. The molecule has 6 nitrogen and oxygen atoms in total. The number of amides is 1. The van der Waals surface area contributed by atoms with E-state index in [1.165, 1.54) is 12.1 Å². The van der Waals surface area contributed by atoms with E-state index in [0.29, 0.717) is 38.5 Å². The Bertz CT molecular complexity index is 1020. The number of ether oxygens (including phenoxy) is 1. The quantitative estimate of drug-likeness (QED) is 0.745. The van der Waals surface area contributed by atoms with Crippen LogP contribution in [0, 0.1) is 5.82 Å². The molecule has 142 valence electrons. The monoisotopic (exact) mass is 378 g/mol. The molecule has 7 heteroatoms. The van der Waals surface area contributed by atoms with Gasteiger partial charge in [-0.05, 0) is 36.4 Å². The van der Waals surface area contributed by atoms with Gasteiger partial charge >= 0.3 is 0 Å². The van der Waals surface area contributed by atoms with Crippen molar-refractivity contribution in [3.8, 4) is 17.0 Å². The maximum absolute atomic E-state index is 13.1. The highest BCUT2D eigenvalue weighted by Gasteiger charge is 2.30. The number of carbonyl (C=O) groups excluding carboxylic acids is 1. The maximum Gasteiger partial charge on any atom is 0.272 e. The maximum atomic E-state index is 13.1. The summed E-state index contributed by atoms with van der Waals surface area (Å²) in [5.74, 6) is 0.481. The minimum Gasteiger partial charge on any atom is -0.488 e. The number of benzene rings is 2. The van der Waals surface area contributed by atoms with Gasteiger partial charge in [0.25, 0.3) is 5.91 Å². The van der Waals surface area contributed by atoms with Crippen LogP contribution < -0.4 is 9.64 Å². The molecule has 1 aromatic heterocycles. The molecule has 0 unspecified atom stereocenters. The highest BCUT2D eigenvalue weighted by molar-refractivity contribution is 5.96. The lowest BCUT2D eigenvalue weighted by Gasteiger charge is -2.36. The van der Waals surface area contributed by atoms with Gasteiger partial charge in [0.2, 0.25) is 0 Å². The van der Waals surface area contributed by atoms with E-state index >= 15 is 0 Å². The van der Waals surface area contributed by atoms with Gasteiger partial charge in [0.05, 0.1) is 0 Å². The Morgan fingerprint density at radius 1 is 1.04 bits per heavy atom. The third kappa shape index (κ3) is 2.79. The molecule has 0 radical (unpaired) electrons. The number of aromatic amines is 1. The van der Waals surface area contributed by atoms with Crippen LogP contribution in [-0.4, -0.2) is 47.2 Å². The molecular weight excluding hydrogens is 359 g/mol. The summed E-state index contributed by atoms with van der Waals surface area (Å²) < 4.78 is 18.9. The molecule has 1 N–H and O–H groups in total. The smallest absolute Gasteiger partial charge is 0.272 e. The van der Waals surface area contributed by atoms with Gasteiger partial charge in [-0.25, -0.2) is 4.39 Å². The second-order valence-electron chi connectivity index (χ2n) is 6.97. The third-order valence-electron chi connectivity index (χ3n) is 5.35. The Kier molecular flexibility index (Phi) is 4.00. The number of H-pyrrole nitrogens is 1. The second-order valence-corrected chi connectivity index (χ2v) is 6.97. The summed E-state index contributed by atoms with van der Waals surface area (Å²) in [6, 6.07) is 14.2. The van der Waals surface area contributed by atoms with Gasteiger partial charge in [-0.2, -0.15) is 5.10 Å². The first-order valence-electron chi connectivity index (χ1n) is 9.30. The fourth-order valence-electron chi connectivity index (χ4n) is 3.82. The van der Waals surface area contributed by atoms with E-state index in [1.54, 1.807) is 12.1 Å². The lowest BCUT2D eigenvalue weighted by molar-refractivity contribution is 0.0738. The Hall–Kier alpha value is -3.35. The SMILES string of the molecule is O=C(c1[nH]nc2c1COc1ccccc1-2)N1CCN(c2ccc(F)cc2)CC1. The molecule has 0 bridgehead atoms. The summed E-state index contributed by atoms with van der Waals surface area (Å²) in [4.78, 5) is 17.0. The summed E-state index contributed by atoms with van der Waals surface area (Å²) in [6.07, 6.45) is 0. The predicted molar refractivity (Wildman–Crippen MR) is 103 cm³/mol. The zero-order chi connectivity index (χ0) is 19.1. The molecule has 1 amide bonds. The van der Waals surface area contributed by atoms with Crippen LogP contribution in [0.15, 0.2) is 48.5 Å². The predicted octanol–water partition coefficient (Wildman–Crippen LogP) is 3.07. The van der Waals surface area contributed by atoms with E-state index in [1.807, 2.05) is 29.2 Å². The van der Waals surface area contributed by atoms with Crippen molar-refractivity contribution in [2.24, 2.45) is 0 Å². The van der Waals surface area contributed by atoms with Crippen LogP contribution in [0.5, 0.6) is 5.75 Å². The van der Waals surface area contributed by atoms with Gasteiger partial charge in [-0.15, -0.1) is 0 Å². The first-order valence-corrected chi connectivity index (χ1v) is 9.30. The fraction of sp³-hybridized carbons (Fsp3) is 0.238. The van der Waals surface area contributed by atoms with Gasteiger partial charge in [-0.1, -0.05) is 12.1 Å². The van der Waals surface area contributed by atoms with E-state index < -0.39 is 0 Å². The van der Waals surface area contributed by atoms with E-state index in [9.17, 15) is 9.18 Å². The van der Waals surface area contributed by atoms with E-state index in [4.69, 9.17) is 4.74 Å². The zero-order valence-corrected chi connectivity index (χ0v) is 15.2. The Morgan fingerprint density at radius 2 is 1.79 bits per heavy atom. The van der Waals surface area contributed by atoms with Crippen molar-refractivity contribution in [1.82, 2.24) is 15.1 Å². The number of halogens is 1. The number of hydrogen-bond acceptors (Lipinski definition) is 4. The number of aromatic nitrogens is 2. The molecule has 28 heavy (non-hydrogen) atoms. The molecule has 1 fully saturated rings. The largest absolute Gasteiger partial charge is 0.488 e. The van der Waals surface area contributed by atoms with Crippen LogP contribution in [0.1, 0.15) is 16.1 Å². The minimum absolute atomic E-state index is 0.0597. The van der Waals surface area contributed by atoms with Crippen molar-refractivity contribution < 1.29 is 13.9 Å². The van der Waals surface area contributed by atoms with Crippen LogP contribution in [0.4, 0.5) is 10.1 Å². The average molecular weight is 378 g/mol. The summed E-state index contributed by atoms with van der Waals surface area (Å²) in [6.45, 7) is 2.93. The van der Waals surface area contributed by atoms with Crippen LogP contribution >= 0.6 is 0 Å². The van der Waals surface area contributed by atoms with Crippen LogP contribution in [0.2, 0.25) is 0 Å². The van der Waals surface area contributed by atoms with Gasteiger partial charge in [0, 0.05) is 43.0 Å². The Labute approximate surface area is 161 Å². The molecular formula is C21H19FN4O2. The normalized spacial score (nSPS) is 15.6. The molecule has 0 atom stereocenters. The van der Waals surface area contributed by atoms with Crippen LogP contribution in [0.3, 0.4) is 0 Å². The van der Waals surface area contributed by atoms with Gasteiger partial charge in [0.1, 0.15) is 29.6 Å². The van der Waals surface area contributed by atoms with E-state index in [-0.39, 0.29) is 11.7 Å². The van der Waals surface area contributed by atoms with Crippen LogP contribution in [0.25, 0.3) is 11.3 Å². The topological polar surface area (TPSA) is 61.5 Å². The van der Waals surface area contributed by atoms with Crippen molar-refractivity contribution in [3.63, 3.8) is 0 Å². The Morgan fingerprint density at radius 3 is 2.57 bits per heavy atom. The number of piperazine rings is 1. The third-order valence-corrected chi connectivity index (χ3v) is 5.35. The lowest BCUT2D eigenvalue weighted by atomic mass is 10.0. The van der Waals surface area contributed by atoms with Crippen LogP contribution in [-0.2, 0) is 6.61 Å². The molecule has 1 saturated heterocycles. The molecule has 0 spiro atoms. The first-order chi connectivity index (χ1) is 13.7. The first kappa shape index (κ1) is 16.8. The van der Waals surface area contributed by atoms with E-state index in [0.717, 1.165) is 28.3 Å². The van der Waals surface area contributed by atoms with Crippen molar-refractivity contribution in [2.75, 3.05) is 31.1 Å². The number of para-hydroxylation sites is 1. The number of nitrogens with one attached hydrogen (secondary N) is 1. The number of anilines is 1. The second kappa shape index (κ2) is 6.67. The average Bonchev–Trinajstić information content (AvgIpc) is 3.18. The van der Waals surface area contributed by atoms with E-state index in [2.05, 4.69) is 15.1 Å². The molecule has 2 aliphatic heterocycles. The molecule has 3 aromatic rings. The number of hydrogen-bond donors (Lipinski definition) is 1. The molecule has 5 rings (SSSR count). The van der Waals surface area contributed by atoms with Gasteiger partial charge in [0.15, 0.2) is 0 Å². The van der Waals surface area contributed by atoms with Crippen molar-refractivity contribution in [1.29, 1.82) is 0 Å². The Balaban J connectivity index is 1.32. The standard InChI is InChI=1S/C21H19FN4O2/c22-14-5-7-15(8-6-14)25-9-11-26(12-10-25)21(27)20-17-13-28-18-4-2-1-3-16(18)19(17)23-24-20/h1-8H,9-13H2,(H,23,24). The summed E-state index contributed by atoms with van der Waals surface area (Å²) in [7, 11) is 0. The number of nitrogens with zero attached hydrogens (tertiary/aromatic N) is 3. The fourth-order valence-corrected chi connectivity index (χ4v) is 3.82. The highest BCUT2D eigenvalue weighted by atomic mass is 19.1. The zero-order valence-electron chi connectivity index (χ0n) is 15.2. The van der Waals surface area contributed by atoms with Gasteiger partial charge < -0.3 is 14.5 Å². The molecule has 0 aliphatic carbocycles. The van der Waals surface area contributed by atoms with Crippen molar-refractivity contribution in [2.45, 2.75) is 6.61 Å². The number of rotatable bonds is 2. The molecule has 3 heterocycles.